The molecule has 0 unspecified atom stereocenters. The summed E-state index contributed by atoms with van der Waals surface area (Å²) in [4.78, 5) is 9.78. The van der Waals surface area contributed by atoms with Crippen molar-refractivity contribution in [2.24, 2.45) is 0 Å². The maximum atomic E-state index is 13.0. The maximum Gasteiger partial charge on any atom is 0.410 e. The molecule has 0 aliphatic rings. The fourth-order valence-electron chi connectivity index (χ4n) is 1.32. The van der Waals surface area contributed by atoms with Crippen LogP contribution in [0.4, 0.5) is 65.9 Å². The molecular weight excluding hydrogens is 425 g/mol. The van der Waals surface area contributed by atoms with E-state index in [-0.39, 0.29) is 0 Å². The van der Waals surface area contributed by atoms with Gasteiger partial charge in [0.25, 0.3) is 0 Å². The molecule has 0 amide bonds. The van der Waals surface area contributed by atoms with Gasteiger partial charge in [0.2, 0.25) is 0 Å². The highest BCUT2D eigenvalue weighted by atomic mass is 19.4. The molecule has 0 heterocycles. The van der Waals surface area contributed by atoms with E-state index >= 15 is 0 Å². The Morgan fingerprint density at radius 2 is 0.885 bits per heavy atom. The van der Waals surface area contributed by atoms with Gasteiger partial charge in [0.15, 0.2) is 0 Å². The number of carboxylic acids is 1. The van der Waals surface area contributed by atoms with Crippen LogP contribution in [0.3, 0.4) is 0 Å². The van der Waals surface area contributed by atoms with Crippen LogP contribution in [-0.4, -0.2) is 52.8 Å². The minimum absolute atomic E-state index is 4.21. The van der Waals surface area contributed by atoms with E-state index in [0.717, 1.165) is 0 Å². The second-order valence-electron chi connectivity index (χ2n) is 4.67. The molecule has 0 rings (SSSR count). The second-order valence-corrected chi connectivity index (χ2v) is 4.67. The summed E-state index contributed by atoms with van der Waals surface area (Å²) in [5.74, 6) is -50.9. The standard InChI is InChI=1S/C9H3F15O2/c10-3(11,1-4(12,13)14)6(17,18)8(21,22)9(23,24)7(19,20)5(15,16)2(25)26/h1H2,(H,25,26). The Labute approximate surface area is 131 Å². The molecule has 1 N–H and O–H groups in total. The van der Waals surface area contributed by atoms with Gasteiger partial charge in [0.1, 0.15) is 6.42 Å². The van der Waals surface area contributed by atoms with Crippen LogP contribution in [0.5, 0.6) is 0 Å². The van der Waals surface area contributed by atoms with Gasteiger partial charge in [-0.3, -0.25) is 0 Å². The molecule has 17 heteroatoms. The van der Waals surface area contributed by atoms with E-state index in [4.69, 9.17) is 5.11 Å². The normalized spacial score (nSPS) is 16.0. The van der Waals surface area contributed by atoms with Crippen molar-refractivity contribution in [1.29, 1.82) is 0 Å². The van der Waals surface area contributed by atoms with E-state index in [1.807, 2.05) is 0 Å². The first kappa shape index (κ1) is 24.4. The van der Waals surface area contributed by atoms with Crippen molar-refractivity contribution in [2.75, 3.05) is 0 Å². The predicted octanol–water partition coefficient (Wildman–Crippen LogP) is 4.84. The molecule has 26 heavy (non-hydrogen) atoms. The summed E-state index contributed by atoms with van der Waals surface area (Å²) in [6.45, 7) is 0. The lowest BCUT2D eigenvalue weighted by atomic mass is 9.90. The van der Waals surface area contributed by atoms with Crippen molar-refractivity contribution in [2.45, 2.75) is 48.1 Å². The fourth-order valence-corrected chi connectivity index (χ4v) is 1.32. The molecule has 0 fully saturated rings. The zero-order chi connectivity index (χ0) is 21.8. The van der Waals surface area contributed by atoms with Crippen molar-refractivity contribution in [3.05, 3.63) is 0 Å². The first-order valence-electron chi connectivity index (χ1n) is 5.47. The van der Waals surface area contributed by atoms with Gasteiger partial charge in [-0.05, 0) is 0 Å². The van der Waals surface area contributed by atoms with Crippen LogP contribution in [0.15, 0.2) is 0 Å². The van der Waals surface area contributed by atoms with Crippen molar-refractivity contribution in [3.8, 4) is 0 Å². The third kappa shape index (κ3) is 3.35. The smallest absolute Gasteiger partial charge is 0.410 e. The topological polar surface area (TPSA) is 37.3 Å². The molecule has 0 aromatic carbocycles. The Morgan fingerprint density at radius 1 is 0.577 bits per heavy atom. The Morgan fingerprint density at radius 3 is 1.15 bits per heavy atom. The number of rotatable bonds is 7. The molecule has 0 aliphatic heterocycles. The minimum atomic E-state index is -8.24. The monoisotopic (exact) mass is 428 g/mol. The molecular formula is C9H3F15O2. The first-order valence-corrected chi connectivity index (χ1v) is 5.47. The molecule has 0 radical (unpaired) electrons. The largest absolute Gasteiger partial charge is 0.477 e. The number of hydrogen-bond acceptors (Lipinski definition) is 1. The van der Waals surface area contributed by atoms with Crippen LogP contribution in [0.25, 0.3) is 0 Å². The first-order chi connectivity index (χ1) is 10.9. The van der Waals surface area contributed by atoms with Crippen molar-refractivity contribution < 1.29 is 75.8 Å². The molecule has 0 bridgehead atoms. The van der Waals surface area contributed by atoms with Gasteiger partial charge in [0.05, 0.1) is 0 Å². The Kier molecular flexibility index (Phi) is 5.60. The molecule has 0 aromatic rings. The highest BCUT2D eigenvalue weighted by Gasteiger charge is 2.91. The van der Waals surface area contributed by atoms with Gasteiger partial charge in [0, 0.05) is 0 Å². The van der Waals surface area contributed by atoms with E-state index in [1.54, 1.807) is 0 Å². The summed E-state index contributed by atoms with van der Waals surface area (Å²) < 4.78 is 189. The summed E-state index contributed by atoms with van der Waals surface area (Å²) in [5, 5.41) is 7.63. The van der Waals surface area contributed by atoms with Gasteiger partial charge >= 0.3 is 47.7 Å². The number of aliphatic carboxylic acids is 1. The zero-order valence-electron chi connectivity index (χ0n) is 11.2. The van der Waals surface area contributed by atoms with Crippen LogP contribution in [0.1, 0.15) is 6.42 Å². The van der Waals surface area contributed by atoms with Gasteiger partial charge in [-0.1, -0.05) is 0 Å². The number of hydrogen-bond donors (Lipinski definition) is 1. The van der Waals surface area contributed by atoms with Gasteiger partial charge in [-0.15, -0.1) is 0 Å². The molecule has 0 aromatic heterocycles. The predicted molar refractivity (Wildman–Crippen MR) is 48.0 cm³/mol. The van der Waals surface area contributed by atoms with E-state index < -0.39 is 54.1 Å². The Hall–Kier alpha value is -1.58. The third-order valence-electron chi connectivity index (χ3n) is 2.73. The van der Waals surface area contributed by atoms with Crippen LogP contribution in [0.2, 0.25) is 0 Å². The second kappa shape index (κ2) is 5.97. The van der Waals surface area contributed by atoms with Crippen molar-refractivity contribution in [1.82, 2.24) is 0 Å². The molecule has 0 atom stereocenters. The maximum absolute atomic E-state index is 13.0. The van der Waals surface area contributed by atoms with Gasteiger partial charge in [-0.25, -0.2) is 4.79 Å². The van der Waals surface area contributed by atoms with Crippen molar-refractivity contribution >= 4 is 5.97 Å². The van der Waals surface area contributed by atoms with Gasteiger partial charge < -0.3 is 5.11 Å². The van der Waals surface area contributed by atoms with Crippen LogP contribution in [-0.2, 0) is 4.79 Å². The van der Waals surface area contributed by atoms with Gasteiger partial charge in [-0.2, -0.15) is 65.9 Å². The zero-order valence-corrected chi connectivity index (χ0v) is 11.2. The lowest BCUT2D eigenvalue weighted by Gasteiger charge is -2.40. The minimum Gasteiger partial charge on any atom is -0.477 e. The molecule has 0 spiro atoms. The molecule has 156 valence electrons. The summed E-state index contributed by atoms with van der Waals surface area (Å²) >= 11 is 0. The number of carbonyl (C=O) groups is 1. The summed E-state index contributed by atoms with van der Waals surface area (Å²) in [5.41, 5.74) is 0. The van der Waals surface area contributed by atoms with Crippen molar-refractivity contribution in [3.63, 3.8) is 0 Å². The quantitative estimate of drug-likeness (QED) is 0.590. The lowest BCUT2D eigenvalue weighted by Crippen LogP contribution is -2.71. The van der Waals surface area contributed by atoms with E-state index in [9.17, 15) is 70.7 Å². The van der Waals surface area contributed by atoms with Crippen LogP contribution < -0.4 is 0 Å². The summed E-state index contributed by atoms with van der Waals surface area (Å²) in [6.07, 6.45) is -10.6. The highest BCUT2D eigenvalue weighted by molar-refractivity contribution is 5.77. The fraction of sp³-hybridized carbons (Fsp3) is 0.889. The number of alkyl halides is 15. The van der Waals surface area contributed by atoms with Crippen LogP contribution in [0, 0.1) is 0 Å². The van der Waals surface area contributed by atoms with E-state index in [1.165, 1.54) is 0 Å². The average Bonchev–Trinajstić information content (AvgIpc) is 2.34. The number of carboxylic acid groups (broad SMARTS) is 1. The van der Waals surface area contributed by atoms with E-state index in [0.29, 0.717) is 0 Å². The Balaban J connectivity index is 6.40. The molecule has 2 nitrogen and oxygen atoms in total. The molecule has 0 saturated carbocycles. The number of halogens is 15. The third-order valence-corrected chi connectivity index (χ3v) is 2.73. The molecule has 0 saturated heterocycles. The summed E-state index contributed by atoms with van der Waals surface area (Å²) in [7, 11) is 0. The SMILES string of the molecule is O=C(O)C(F)(F)C(F)(F)C(F)(F)C(F)(F)C(F)(F)C(F)(F)CC(F)(F)F. The lowest BCUT2D eigenvalue weighted by molar-refractivity contribution is -0.425. The van der Waals surface area contributed by atoms with E-state index in [2.05, 4.69) is 0 Å². The average molecular weight is 428 g/mol. The summed E-state index contributed by atoms with van der Waals surface area (Å²) in [6, 6.07) is 0. The molecule has 0 aliphatic carbocycles. The highest BCUT2D eigenvalue weighted by Crippen LogP contribution is 2.61. The van der Waals surface area contributed by atoms with Crippen LogP contribution >= 0.6 is 0 Å². The Bertz CT molecular complexity index is 546.